The van der Waals surface area contributed by atoms with Crippen LogP contribution >= 0.6 is 0 Å². The van der Waals surface area contributed by atoms with Crippen LogP contribution in [0.1, 0.15) is 25.3 Å². The van der Waals surface area contributed by atoms with E-state index in [0.717, 1.165) is 18.5 Å². The van der Waals surface area contributed by atoms with Crippen LogP contribution in [0.2, 0.25) is 0 Å². The van der Waals surface area contributed by atoms with Crippen LogP contribution in [0.5, 0.6) is 0 Å². The van der Waals surface area contributed by atoms with Gasteiger partial charge in [0.25, 0.3) is 0 Å². The first-order valence-electron chi connectivity index (χ1n) is 5.10. The number of benzene rings is 1. The highest BCUT2D eigenvalue weighted by Gasteiger charge is 2.35. The van der Waals surface area contributed by atoms with E-state index in [9.17, 15) is 4.39 Å². The van der Waals surface area contributed by atoms with Gasteiger partial charge in [-0.05, 0) is 51.1 Å². The predicted molar refractivity (Wildman–Crippen MR) is 55.6 cm³/mol. The number of rotatable bonds is 1. The standard InChI is InChI=1S/C12H16FN/c1-12(7-4-8-14(12)2)10-5-3-6-11(13)9-10/h3,5-6,9H,4,7-8H2,1-2H3. The highest BCUT2D eigenvalue weighted by atomic mass is 19.1. The quantitative estimate of drug-likeness (QED) is 0.663. The molecule has 1 heterocycles. The molecule has 1 nitrogen and oxygen atoms in total. The summed E-state index contributed by atoms with van der Waals surface area (Å²) in [5, 5.41) is 0. The van der Waals surface area contributed by atoms with Gasteiger partial charge in [0.2, 0.25) is 0 Å². The minimum absolute atomic E-state index is 0.0299. The third-order valence-corrected chi connectivity index (χ3v) is 3.45. The first-order chi connectivity index (χ1) is 6.63. The van der Waals surface area contributed by atoms with E-state index in [1.54, 1.807) is 12.1 Å². The molecule has 1 aromatic carbocycles. The summed E-state index contributed by atoms with van der Waals surface area (Å²) in [7, 11) is 2.11. The maximum atomic E-state index is 13.1. The largest absolute Gasteiger partial charge is 0.297 e. The fourth-order valence-corrected chi connectivity index (χ4v) is 2.29. The molecule has 1 saturated heterocycles. The Balaban J connectivity index is 2.38. The van der Waals surface area contributed by atoms with Gasteiger partial charge in [0.05, 0.1) is 0 Å². The number of hydrogen-bond donors (Lipinski definition) is 0. The van der Waals surface area contributed by atoms with Crippen molar-refractivity contribution in [3.8, 4) is 0 Å². The van der Waals surface area contributed by atoms with Crippen LogP contribution < -0.4 is 0 Å². The second kappa shape index (κ2) is 3.35. The van der Waals surface area contributed by atoms with Crippen molar-refractivity contribution < 1.29 is 4.39 Å². The van der Waals surface area contributed by atoms with Gasteiger partial charge in [-0.15, -0.1) is 0 Å². The SMILES string of the molecule is CN1CCCC1(C)c1cccc(F)c1. The van der Waals surface area contributed by atoms with Crippen LogP contribution in [0.25, 0.3) is 0 Å². The zero-order chi connectivity index (χ0) is 10.2. The van der Waals surface area contributed by atoms with E-state index in [0.29, 0.717) is 0 Å². The van der Waals surface area contributed by atoms with Crippen LogP contribution in [-0.2, 0) is 5.54 Å². The highest BCUT2D eigenvalue weighted by Crippen LogP contribution is 2.37. The van der Waals surface area contributed by atoms with Gasteiger partial charge < -0.3 is 0 Å². The molecule has 0 radical (unpaired) electrons. The Morgan fingerprint density at radius 3 is 2.79 bits per heavy atom. The maximum absolute atomic E-state index is 13.1. The van der Waals surface area contributed by atoms with E-state index in [-0.39, 0.29) is 11.4 Å². The van der Waals surface area contributed by atoms with Crippen molar-refractivity contribution >= 4 is 0 Å². The molecule has 1 aromatic rings. The third-order valence-electron chi connectivity index (χ3n) is 3.45. The fraction of sp³-hybridized carbons (Fsp3) is 0.500. The van der Waals surface area contributed by atoms with E-state index in [2.05, 4.69) is 18.9 Å². The second-order valence-electron chi connectivity index (χ2n) is 4.31. The Labute approximate surface area is 84.5 Å². The van der Waals surface area contributed by atoms with Crippen LogP contribution in [0.4, 0.5) is 4.39 Å². The number of nitrogens with zero attached hydrogens (tertiary/aromatic N) is 1. The Hall–Kier alpha value is -0.890. The highest BCUT2D eigenvalue weighted by molar-refractivity contribution is 5.25. The summed E-state index contributed by atoms with van der Waals surface area (Å²) in [5.41, 5.74) is 1.12. The minimum Gasteiger partial charge on any atom is -0.297 e. The van der Waals surface area contributed by atoms with Gasteiger partial charge in [-0.1, -0.05) is 12.1 Å². The van der Waals surface area contributed by atoms with Gasteiger partial charge in [0.15, 0.2) is 0 Å². The van der Waals surface area contributed by atoms with Crippen molar-refractivity contribution in [1.29, 1.82) is 0 Å². The smallest absolute Gasteiger partial charge is 0.123 e. The first-order valence-corrected chi connectivity index (χ1v) is 5.10. The van der Waals surface area contributed by atoms with Crippen LogP contribution in [-0.4, -0.2) is 18.5 Å². The van der Waals surface area contributed by atoms with E-state index in [4.69, 9.17) is 0 Å². The molecule has 0 amide bonds. The predicted octanol–water partition coefficient (Wildman–Crippen LogP) is 2.77. The molecule has 14 heavy (non-hydrogen) atoms. The van der Waals surface area contributed by atoms with Crippen molar-refractivity contribution in [2.75, 3.05) is 13.6 Å². The van der Waals surface area contributed by atoms with Gasteiger partial charge >= 0.3 is 0 Å². The summed E-state index contributed by atoms with van der Waals surface area (Å²) in [5.74, 6) is -0.135. The van der Waals surface area contributed by atoms with Crippen molar-refractivity contribution in [2.45, 2.75) is 25.3 Å². The molecule has 0 N–H and O–H groups in total. The molecule has 76 valence electrons. The Kier molecular flexibility index (Phi) is 2.31. The summed E-state index contributed by atoms with van der Waals surface area (Å²) in [6.07, 6.45) is 2.32. The lowest BCUT2D eigenvalue weighted by Crippen LogP contribution is -2.35. The Bertz CT molecular complexity index is 337. The Morgan fingerprint density at radius 1 is 1.43 bits per heavy atom. The number of hydrogen-bond acceptors (Lipinski definition) is 1. The number of likely N-dealkylation sites (tertiary alicyclic amines) is 1. The van der Waals surface area contributed by atoms with Gasteiger partial charge in [-0.3, -0.25) is 4.90 Å². The summed E-state index contributed by atoms with van der Waals surface area (Å²) in [6, 6.07) is 6.97. The normalized spacial score (nSPS) is 28.2. The lowest BCUT2D eigenvalue weighted by atomic mass is 9.89. The van der Waals surface area contributed by atoms with Crippen molar-refractivity contribution in [3.63, 3.8) is 0 Å². The van der Waals surface area contributed by atoms with Gasteiger partial charge in [-0.25, -0.2) is 4.39 Å². The molecular formula is C12H16FN. The molecule has 0 aliphatic carbocycles. The molecule has 1 aliphatic rings. The van der Waals surface area contributed by atoms with E-state index < -0.39 is 0 Å². The maximum Gasteiger partial charge on any atom is 0.123 e. The van der Waals surface area contributed by atoms with Crippen molar-refractivity contribution in [1.82, 2.24) is 4.90 Å². The molecule has 1 fully saturated rings. The van der Waals surface area contributed by atoms with E-state index in [1.165, 1.54) is 12.5 Å². The van der Waals surface area contributed by atoms with Gasteiger partial charge in [0.1, 0.15) is 5.82 Å². The molecule has 0 spiro atoms. The molecule has 1 unspecified atom stereocenters. The summed E-state index contributed by atoms with van der Waals surface area (Å²) >= 11 is 0. The molecule has 1 aliphatic heterocycles. The molecule has 2 heteroatoms. The molecular weight excluding hydrogens is 177 g/mol. The average molecular weight is 193 g/mol. The molecule has 0 bridgehead atoms. The monoisotopic (exact) mass is 193 g/mol. The van der Waals surface area contributed by atoms with Gasteiger partial charge in [-0.2, -0.15) is 0 Å². The number of halogens is 1. The van der Waals surface area contributed by atoms with E-state index in [1.807, 2.05) is 6.07 Å². The summed E-state index contributed by atoms with van der Waals surface area (Å²) in [4.78, 5) is 2.31. The average Bonchev–Trinajstić information content (AvgIpc) is 2.49. The fourth-order valence-electron chi connectivity index (χ4n) is 2.29. The Morgan fingerprint density at radius 2 is 2.21 bits per heavy atom. The van der Waals surface area contributed by atoms with Crippen LogP contribution in [0, 0.1) is 5.82 Å². The lowest BCUT2D eigenvalue weighted by molar-refractivity contribution is 0.197. The minimum atomic E-state index is -0.135. The van der Waals surface area contributed by atoms with Crippen LogP contribution in [0.15, 0.2) is 24.3 Å². The lowest BCUT2D eigenvalue weighted by Gasteiger charge is -2.32. The first kappa shape index (κ1) is 9.66. The van der Waals surface area contributed by atoms with Crippen LogP contribution in [0.3, 0.4) is 0 Å². The zero-order valence-electron chi connectivity index (χ0n) is 8.76. The summed E-state index contributed by atoms with van der Waals surface area (Å²) in [6.45, 7) is 3.29. The second-order valence-corrected chi connectivity index (χ2v) is 4.31. The molecule has 1 atom stereocenters. The molecule has 0 saturated carbocycles. The van der Waals surface area contributed by atoms with Crippen molar-refractivity contribution in [3.05, 3.63) is 35.6 Å². The zero-order valence-corrected chi connectivity index (χ0v) is 8.76. The third kappa shape index (κ3) is 1.44. The molecule has 2 rings (SSSR count). The van der Waals surface area contributed by atoms with Crippen molar-refractivity contribution in [2.24, 2.45) is 0 Å². The molecule has 0 aromatic heterocycles. The van der Waals surface area contributed by atoms with Gasteiger partial charge in [0, 0.05) is 5.54 Å². The van der Waals surface area contributed by atoms with E-state index >= 15 is 0 Å². The summed E-state index contributed by atoms with van der Waals surface area (Å²) < 4.78 is 13.1. The topological polar surface area (TPSA) is 3.24 Å².